The van der Waals surface area contributed by atoms with E-state index in [0.29, 0.717) is 12.5 Å². The standard InChI is InChI=1S/C14H28N2O2/c1-5-8-16(10-12-6-7-12)11(2)9-14(3,15)13(17)18-4/h11-12H,5-10,15H2,1-4H3. The molecule has 0 heterocycles. The summed E-state index contributed by atoms with van der Waals surface area (Å²) in [7, 11) is 1.39. The van der Waals surface area contributed by atoms with Crippen molar-refractivity contribution in [1.29, 1.82) is 0 Å². The molecule has 2 atom stereocenters. The maximum absolute atomic E-state index is 11.6. The fraction of sp³-hybridized carbons (Fsp3) is 0.929. The lowest BCUT2D eigenvalue weighted by atomic mass is 9.94. The van der Waals surface area contributed by atoms with Gasteiger partial charge in [-0.2, -0.15) is 0 Å². The third-order valence-electron chi connectivity index (χ3n) is 3.69. The molecule has 1 saturated carbocycles. The highest BCUT2D eigenvalue weighted by Gasteiger charge is 2.34. The van der Waals surface area contributed by atoms with Gasteiger partial charge in [-0.25, -0.2) is 0 Å². The molecule has 0 amide bonds. The molecular weight excluding hydrogens is 228 g/mol. The van der Waals surface area contributed by atoms with Crippen molar-refractivity contribution in [1.82, 2.24) is 4.90 Å². The lowest BCUT2D eigenvalue weighted by Crippen LogP contribution is -2.51. The molecule has 0 aromatic carbocycles. The Morgan fingerprint density at radius 3 is 2.61 bits per heavy atom. The lowest BCUT2D eigenvalue weighted by molar-refractivity contribution is -0.147. The van der Waals surface area contributed by atoms with Crippen LogP contribution in [0.1, 0.15) is 46.5 Å². The monoisotopic (exact) mass is 256 g/mol. The molecule has 1 fully saturated rings. The van der Waals surface area contributed by atoms with E-state index in [9.17, 15) is 4.79 Å². The molecule has 0 radical (unpaired) electrons. The van der Waals surface area contributed by atoms with Crippen LogP contribution in [-0.4, -0.2) is 42.6 Å². The number of hydrogen-bond acceptors (Lipinski definition) is 4. The van der Waals surface area contributed by atoms with Crippen LogP contribution in [0.15, 0.2) is 0 Å². The molecule has 2 N–H and O–H groups in total. The lowest BCUT2D eigenvalue weighted by Gasteiger charge is -2.33. The van der Waals surface area contributed by atoms with E-state index in [-0.39, 0.29) is 5.97 Å². The second-order valence-corrected chi connectivity index (χ2v) is 5.90. The predicted molar refractivity (Wildman–Crippen MR) is 73.3 cm³/mol. The molecule has 1 aliphatic rings. The summed E-state index contributed by atoms with van der Waals surface area (Å²) in [6.45, 7) is 8.33. The summed E-state index contributed by atoms with van der Waals surface area (Å²) < 4.78 is 4.77. The van der Waals surface area contributed by atoms with Crippen LogP contribution >= 0.6 is 0 Å². The van der Waals surface area contributed by atoms with Crippen molar-refractivity contribution in [2.24, 2.45) is 11.7 Å². The quantitative estimate of drug-likeness (QED) is 0.673. The summed E-state index contributed by atoms with van der Waals surface area (Å²) in [6.07, 6.45) is 4.48. The van der Waals surface area contributed by atoms with Crippen molar-refractivity contribution in [3.05, 3.63) is 0 Å². The Labute approximate surface area is 111 Å². The van der Waals surface area contributed by atoms with Crippen molar-refractivity contribution in [2.75, 3.05) is 20.2 Å². The van der Waals surface area contributed by atoms with Gasteiger partial charge in [-0.1, -0.05) is 6.92 Å². The van der Waals surface area contributed by atoms with Gasteiger partial charge in [0.25, 0.3) is 0 Å². The van der Waals surface area contributed by atoms with Gasteiger partial charge in [0, 0.05) is 12.6 Å². The molecule has 1 rings (SSSR count). The number of esters is 1. The summed E-state index contributed by atoms with van der Waals surface area (Å²) in [6, 6.07) is 0.319. The highest BCUT2D eigenvalue weighted by molar-refractivity contribution is 5.79. The zero-order chi connectivity index (χ0) is 13.8. The van der Waals surface area contributed by atoms with E-state index in [1.165, 1.54) is 20.0 Å². The minimum absolute atomic E-state index is 0.319. The van der Waals surface area contributed by atoms with Crippen molar-refractivity contribution in [3.8, 4) is 0 Å². The second-order valence-electron chi connectivity index (χ2n) is 5.90. The van der Waals surface area contributed by atoms with Crippen LogP contribution in [0, 0.1) is 5.92 Å². The fourth-order valence-electron chi connectivity index (χ4n) is 2.47. The summed E-state index contributed by atoms with van der Waals surface area (Å²) in [5.41, 5.74) is 5.17. The fourth-order valence-corrected chi connectivity index (χ4v) is 2.47. The minimum Gasteiger partial charge on any atom is -0.468 e. The Kier molecular flexibility index (Phi) is 5.60. The summed E-state index contributed by atoms with van der Waals surface area (Å²) in [5, 5.41) is 0. The molecule has 4 heteroatoms. The van der Waals surface area contributed by atoms with Crippen LogP contribution in [0.5, 0.6) is 0 Å². The maximum atomic E-state index is 11.6. The first kappa shape index (κ1) is 15.4. The number of carbonyl (C=O) groups is 1. The Bertz CT molecular complexity index is 275. The molecule has 0 saturated heterocycles. The van der Waals surface area contributed by atoms with E-state index in [0.717, 1.165) is 25.4 Å². The zero-order valence-electron chi connectivity index (χ0n) is 12.2. The van der Waals surface area contributed by atoms with Gasteiger partial charge in [0.15, 0.2) is 0 Å². The average Bonchev–Trinajstić information content (AvgIpc) is 3.10. The first-order chi connectivity index (χ1) is 8.40. The molecule has 0 aromatic rings. The van der Waals surface area contributed by atoms with Crippen LogP contribution < -0.4 is 5.73 Å². The largest absolute Gasteiger partial charge is 0.468 e. The summed E-state index contributed by atoms with van der Waals surface area (Å²) >= 11 is 0. The minimum atomic E-state index is -0.885. The molecule has 2 unspecified atom stereocenters. The van der Waals surface area contributed by atoms with Gasteiger partial charge in [-0.15, -0.1) is 0 Å². The molecule has 0 spiro atoms. The molecule has 18 heavy (non-hydrogen) atoms. The zero-order valence-corrected chi connectivity index (χ0v) is 12.2. The molecule has 0 aromatic heterocycles. The molecule has 0 aliphatic heterocycles. The van der Waals surface area contributed by atoms with Gasteiger partial charge in [0.05, 0.1) is 7.11 Å². The number of rotatable bonds is 8. The molecule has 1 aliphatic carbocycles. The first-order valence-electron chi connectivity index (χ1n) is 7.02. The van der Waals surface area contributed by atoms with Gasteiger partial charge >= 0.3 is 5.97 Å². The Morgan fingerprint density at radius 1 is 1.56 bits per heavy atom. The van der Waals surface area contributed by atoms with Crippen LogP contribution in [0.2, 0.25) is 0 Å². The van der Waals surface area contributed by atoms with E-state index in [2.05, 4.69) is 18.7 Å². The maximum Gasteiger partial charge on any atom is 0.325 e. The van der Waals surface area contributed by atoms with E-state index < -0.39 is 5.54 Å². The van der Waals surface area contributed by atoms with Gasteiger partial charge < -0.3 is 15.4 Å². The highest BCUT2D eigenvalue weighted by atomic mass is 16.5. The van der Waals surface area contributed by atoms with E-state index in [4.69, 9.17) is 10.5 Å². The molecular formula is C14H28N2O2. The number of carbonyl (C=O) groups excluding carboxylic acids is 1. The Hall–Kier alpha value is -0.610. The van der Waals surface area contributed by atoms with E-state index in [1.807, 2.05) is 0 Å². The summed E-state index contributed by atoms with van der Waals surface area (Å²) in [4.78, 5) is 14.1. The molecule has 0 bridgehead atoms. The normalized spacial score (nSPS) is 20.6. The predicted octanol–water partition coefficient (Wildman–Crippen LogP) is 1.78. The number of ether oxygens (including phenoxy) is 1. The SMILES string of the molecule is CCCN(CC1CC1)C(C)CC(C)(N)C(=O)OC. The number of nitrogens with zero attached hydrogens (tertiary/aromatic N) is 1. The topological polar surface area (TPSA) is 55.6 Å². The van der Waals surface area contributed by atoms with Crippen LogP contribution in [0.3, 0.4) is 0 Å². The number of methoxy groups -OCH3 is 1. The molecule has 4 nitrogen and oxygen atoms in total. The van der Waals surface area contributed by atoms with Gasteiger partial charge in [0.2, 0.25) is 0 Å². The van der Waals surface area contributed by atoms with Crippen LogP contribution in [0.4, 0.5) is 0 Å². The smallest absolute Gasteiger partial charge is 0.325 e. The van der Waals surface area contributed by atoms with Crippen molar-refractivity contribution in [3.63, 3.8) is 0 Å². The molecule has 106 valence electrons. The van der Waals surface area contributed by atoms with Crippen molar-refractivity contribution >= 4 is 5.97 Å². The Morgan fingerprint density at radius 2 is 2.17 bits per heavy atom. The third kappa shape index (κ3) is 4.58. The van der Waals surface area contributed by atoms with Crippen LogP contribution in [0.25, 0.3) is 0 Å². The average molecular weight is 256 g/mol. The first-order valence-corrected chi connectivity index (χ1v) is 7.02. The summed E-state index contributed by atoms with van der Waals surface area (Å²) in [5.74, 6) is 0.540. The number of hydrogen-bond donors (Lipinski definition) is 1. The van der Waals surface area contributed by atoms with Gasteiger partial charge in [-0.05, 0) is 52.0 Å². The second kappa shape index (κ2) is 6.53. The van der Waals surface area contributed by atoms with Gasteiger partial charge in [0.1, 0.15) is 5.54 Å². The third-order valence-corrected chi connectivity index (χ3v) is 3.69. The van der Waals surface area contributed by atoms with Gasteiger partial charge in [-0.3, -0.25) is 4.79 Å². The van der Waals surface area contributed by atoms with E-state index in [1.54, 1.807) is 6.92 Å². The van der Waals surface area contributed by atoms with E-state index >= 15 is 0 Å². The highest BCUT2D eigenvalue weighted by Crippen LogP contribution is 2.31. The Balaban J connectivity index is 2.53. The van der Waals surface area contributed by atoms with Crippen LogP contribution in [-0.2, 0) is 9.53 Å². The van der Waals surface area contributed by atoms with Crippen molar-refractivity contribution in [2.45, 2.75) is 58.0 Å². The van der Waals surface area contributed by atoms with Crippen molar-refractivity contribution < 1.29 is 9.53 Å². The number of nitrogens with two attached hydrogens (primary N) is 1.